The van der Waals surface area contributed by atoms with Crippen LogP contribution in [0.25, 0.3) is 11.3 Å². The lowest BCUT2D eigenvalue weighted by Gasteiger charge is -2.06. The van der Waals surface area contributed by atoms with Gasteiger partial charge < -0.3 is 15.2 Å². The summed E-state index contributed by atoms with van der Waals surface area (Å²) >= 11 is 0. The molecule has 5 heteroatoms. The molecule has 0 aliphatic heterocycles. The number of ether oxygens (including phenoxy) is 2. The number of nitrogens with two attached hydrogens (primary N) is 1. The maximum absolute atomic E-state index is 5.55. The third-order valence-corrected chi connectivity index (χ3v) is 2.26. The molecule has 0 unspecified atom stereocenters. The van der Waals surface area contributed by atoms with E-state index in [1.807, 2.05) is 18.2 Å². The first-order valence-electron chi connectivity index (χ1n) is 4.77. The third-order valence-electron chi connectivity index (χ3n) is 2.26. The summed E-state index contributed by atoms with van der Waals surface area (Å²) in [6, 6.07) is 7.34. The van der Waals surface area contributed by atoms with Gasteiger partial charge in [0.15, 0.2) is 0 Å². The van der Waals surface area contributed by atoms with Crippen LogP contribution in [0.3, 0.4) is 0 Å². The van der Waals surface area contributed by atoms with Crippen LogP contribution in [0.1, 0.15) is 0 Å². The quantitative estimate of drug-likeness (QED) is 0.823. The number of anilines is 1. The van der Waals surface area contributed by atoms with Crippen LogP contribution in [0.5, 0.6) is 11.5 Å². The number of hydrogen-bond acceptors (Lipinski definition) is 4. The zero-order valence-corrected chi connectivity index (χ0v) is 9.15. The lowest BCUT2D eigenvalue weighted by atomic mass is 10.1. The molecule has 0 saturated carbocycles. The number of nitrogens with zero attached hydrogens (tertiary/aromatic N) is 1. The van der Waals surface area contributed by atoms with Crippen molar-refractivity contribution < 1.29 is 9.47 Å². The van der Waals surface area contributed by atoms with Gasteiger partial charge in [-0.15, -0.1) is 0 Å². The molecule has 1 aromatic heterocycles. The second kappa shape index (κ2) is 4.14. The number of methoxy groups -OCH3 is 2. The van der Waals surface area contributed by atoms with Crippen LogP contribution in [-0.4, -0.2) is 24.4 Å². The van der Waals surface area contributed by atoms with Crippen LogP contribution in [-0.2, 0) is 0 Å². The molecule has 84 valence electrons. The van der Waals surface area contributed by atoms with Crippen LogP contribution >= 0.6 is 0 Å². The smallest absolute Gasteiger partial charge is 0.145 e. The number of nitrogen functional groups attached to an aromatic ring is 1. The van der Waals surface area contributed by atoms with E-state index in [0.29, 0.717) is 5.82 Å². The average molecular weight is 219 g/mol. The van der Waals surface area contributed by atoms with Crippen LogP contribution in [0, 0.1) is 0 Å². The molecule has 0 aliphatic rings. The summed E-state index contributed by atoms with van der Waals surface area (Å²) in [6.07, 6.45) is 0. The topological polar surface area (TPSA) is 73.2 Å². The maximum Gasteiger partial charge on any atom is 0.145 e. The molecule has 0 amide bonds. The highest BCUT2D eigenvalue weighted by atomic mass is 16.5. The second-order valence-corrected chi connectivity index (χ2v) is 3.31. The van der Waals surface area contributed by atoms with Gasteiger partial charge in [0.1, 0.15) is 17.3 Å². The highest BCUT2D eigenvalue weighted by molar-refractivity contribution is 5.65. The molecule has 0 bridgehead atoms. The lowest BCUT2D eigenvalue weighted by molar-refractivity contribution is 0.394. The Morgan fingerprint density at radius 1 is 1.06 bits per heavy atom. The van der Waals surface area contributed by atoms with Gasteiger partial charge >= 0.3 is 0 Å². The van der Waals surface area contributed by atoms with Crippen molar-refractivity contribution in [3.63, 3.8) is 0 Å². The summed E-state index contributed by atoms with van der Waals surface area (Å²) in [5.74, 6) is 1.90. The summed E-state index contributed by atoms with van der Waals surface area (Å²) in [6.45, 7) is 0. The second-order valence-electron chi connectivity index (χ2n) is 3.31. The Hall–Kier alpha value is -2.17. The molecule has 3 N–H and O–H groups in total. The zero-order valence-electron chi connectivity index (χ0n) is 9.15. The fourth-order valence-corrected chi connectivity index (χ4v) is 1.45. The Kier molecular flexibility index (Phi) is 2.68. The molecule has 2 aromatic rings. The summed E-state index contributed by atoms with van der Waals surface area (Å²) in [7, 11) is 3.22. The molecule has 1 heterocycles. The minimum atomic E-state index is 0.455. The van der Waals surface area contributed by atoms with Gasteiger partial charge in [-0.05, 0) is 12.1 Å². The van der Waals surface area contributed by atoms with Crippen molar-refractivity contribution in [2.75, 3.05) is 20.0 Å². The molecule has 5 nitrogen and oxygen atoms in total. The van der Waals surface area contributed by atoms with E-state index in [2.05, 4.69) is 10.2 Å². The number of aromatic amines is 1. The van der Waals surface area contributed by atoms with E-state index < -0.39 is 0 Å². The van der Waals surface area contributed by atoms with Crippen molar-refractivity contribution in [3.05, 3.63) is 24.3 Å². The maximum atomic E-state index is 5.55. The molecular formula is C11H13N3O2. The van der Waals surface area contributed by atoms with Gasteiger partial charge in [0.2, 0.25) is 0 Å². The minimum Gasteiger partial charge on any atom is -0.497 e. The molecule has 2 rings (SSSR count). The van der Waals surface area contributed by atoms with E-state index in [1.54, 1.807) is 20.3 Å². The predicted octanol–water partition coefficient (Wildman–Crippen LogP) is 1.68. The Morgan fingerprint density at radius 2 is 1.69 bits per heavy atom. The number of hydrogen-bond donors (Lipinski definition) is 2. The van der Waals surface area contributed by atoms with Gasteiger partial charge in [0.25, 0.3) is 0 Å². The summed E-state index contributed by atoms with van der Waals surface area (Å²) in [5.41, 5.74) is 7.30. The third kappa shape index (κ3) is 1.93. The van der Waals surface area contributed by atoms with Crippen molar-refractivity contribution >= 4 is 5.82 Å². The van der Waals surface area contributed by atoms with Crippen molar-refractivity contribution in [3.8, 4) is 22.8 Å². The molecule has 0 spiro atoms. The Balaban J connectivity index is 2.47. The first-order valence-corrected chi connectivity index (χ1v) is 4.77. The number of nitrogens with one attached hydrogen (secondary N) is 1. The van der Waals surface area contributed by atoms with Crippen molar-refractivity contribution in [1.82, 2.24) is 10.2 Å². The van der Waals surface area contributed by atoms with Crippen LogP contribution in [0.4, 0.5) is 5.82 Å². The first-order chi connectivity index (χ1) is 7.72. The van der Waals surface area contributed by atoms with Gasteiger partial charge in [-0.1, -0.05) is 0 Å². The largest absolute Gasteiger partial charge is 0.497 e. The van der Waals surface area contributed by atoms with Gasteiger partial charge in [-0.3, -0.25) is 5.10 Å². The van der Waals surface area contributed by atoms with E-state index in [-0.39, 0.29) is 0 Å². The highest BCUT2D eigenvalue weighted by Crippen LogP contribution is 2.29. The van der Waals surface area contributed by atoms with Gasteiger partial charge in [0, 0.05) is 17.7 Å². The molecule has 16 heavy (non-hydrogen) atoms. The van der Waals surface area contributed by atoms with Gasteiger partial charge in [0.05, 0.1) is 19.9 Å². The molecule has 0 fully saturated rings. The van der Waals surface area contributed by atoms with E-state index in [4.69, 9.17) is 15.2 Å². The molecule has 1 aromatic carbocycles. The normalized spacial score (nSPS) is 10.1. The summed E-state index contributed by atoms with van der Waals surface area (Å²) < 4.78 is 10.4. The van der Waals surface area contributed by atoms with Crippen LogP contribution < -0.4 is 15.2 Å². The Bertz CT molecular complexity index is 471. The summed E-state index contributed by atoms with van der Waals surface area (Å²) in [4.78, 5) is 0. The predicted molar refractivity (Wildman–Crippen MR) is 61.5 cm³/mol. The SMILES string of the molecule is COc1cc(OC)cc(-c2cc(N)n[nH]2)c1. The number of H-pyrrole nitrogens is 1. The van der Waals surface area contributed by atoms with E-state index in [1.165, 1.54) is 0 Å². The molecule has 0 atom stereocenters. The van der Waals surface area contributed by atoms with Crippen molar-refractivity contribution in [1.29, 1.82) is 0 Å². The lowest BCUT2D eigenvalue weighted by Crippen LogP contribution is -1.88. The highest BCUT2D eigenvalue weighted by Gasteiger charge is 2.06. The summed E-state index contributed by atoms with van der Waals surface area (Å²) in [5, 5.41) is 6.71. The van der Waals surface area contributed by atoms with Crippen molar-refractivity contribution in [2.45, 2.75) is 0 Å². The number of aromatic nitrogens is 2. The molecule has 0 aliphatic carbocycles. The minimum absolute atomic E-state index is 0.455. The average Bonchev–Trinajstić information content (AvgIpc) is 2.75. The van der Waals surface area contributed by atoms with Gasteiger partial charge in [-0.25, -0.2) is 0 Å². The van der Waals surface area contributed by atoms with Crippen LogP contribution in [0.15, 0.2) is 24.3 Å². The zero-order chi connectivity index (χ0) is 11.5. The van der Waals surface area contributed by atoms with Crippen molar-refractivity contribution in [2.24, 2.45) is 0 Å². The van der Waals surface area contributed by atoms with E-state index >= 15 is 0 Å². The molecule has 0 saturated heterocycles. The molecule has 0 radical (unpaired) electrons. The fourth-order valence-electron chi connectivity index (χ4n) is 1.45. The Morgan fingerprint density at radius 3 is 2.12 bits per heavy atom. The Labute approximate surface area is 93.2 Å². The number of rotatable bonds is 3. The fraction of sp³-hybridized carbons (Fsp3) is 0.182. The number of benzene rings is 1. The van der Waals surface area contributed by atoms with Gasteiger partial charge in [-0.2, -0.15) is 5.10 Å². The monoisotopic (exact) mass is 219 g/mol. The standard InChI is InChI=1S/C11H13N3O2/c1-15-8-3-7(4-9(5-8)16-2)10-6-11(12)14-13-10/h3-6H,1-2H3,(H3,12,13,14). The molecular weight excluding hydrogens is 206 g/mol. The van der Waals surface area contributed by atoms with Crippen LogP contribution in [0.2, 0.25) is 0 Å². The van der Waals surface area contributed by atoms with E-state index in [9.17, 15) is 0 Å². The first kappa shape index (κ1) is 10.4. The van der Waals surface area contributed by atoms with E-state index in [0.717, 1.165) is 22.8 Å².